The first-order chi connectivity index (χ1) is 9.76. The Kier molecular flexibility index (Phi) is 4.02. The maximum Gasteiger partial charge on any atom is 0.207 e. The first-order valence-electron chi connectivity index (χ1n) is 6.85. The summed E-state index contributed by atoms with van der Waals surface area (Å²) in [6, 6.07) is -0.0886. The molecule has 108 valence electrons. The van der Waals surface area contributed by atoms with Gasteiger partial charge in [-0.05, 0) is 25.7 Å². The molecular formula is C12H18N6OS. The Morgan fingerprint density at radius 3 is 2.95 bits per heavy atom. The second-order valence-corrected chi connectivity index (χ2v) is 6.17. The summed E-state index contributed by atoms with van der Waals surface area (Å²) in [5.41, 5.74) is 1.17. The van der Waals surface area contributed by atoms with E-state index in [1.807, 2.05) is 6.92 Å². The maximum absolute atomic E-state index is 9.15. The lowest BCUT2D eigenvalue weighted by Gasteiger charge is -2.24. The molecule has 1 aliphatic rings. The SMILES string of the molecule is C[C@H](CO)Nc1nc(SCC2CCC2)nc2n[nH]nc12. The number of nitrogens with one attached hydrogen (secondary N) is 2. The standard InChI is InChI=1S/C12H18N6OS/c1-7(5-19)13-10-9-11(17-18-16-9)15-12(14-10)20-6-8-3-2-4-8/h7-8,19H,2-6H2,1H3,(H2,13,14,15,16,17,18)/t7-/m1/s1. The highest BCUT2D eigenvalue weighted by Gasteiger charge is 2.19. The number of aromatic amines is 1. The third-order valence-electron chi connectivity index (χ3n) is 3.49. The Morgan fingerprint density at radius 1 is 1.40 bits per heavy atom. The Balaban J connectivity index is 1.80. The smallest absolute Gasteiger partial charge is 0.207 e. The van der Waals surface area contributed by atoms with Crippen molar-refractivity contribution >= 4 is 28.7 Å². The van der Waals surface area contributed by atoms with Gasteiger partial charge in [0.05, 0.1) is 6.61 Å². The molecule has 0 saturated heterocycles. The molecule has 1 saturated carbocycles. The van der Waals surface area contributed by atoms with Gasteiger partial charge in [-0.25, -0.2) is 4.98 Å². The Hall–Kier alpha value is -1.41. The number of aliphatic hydroxyl groups is 1. The molecular weight excluding hydrogens is 276 g/mol. The van der Waals surface area contributed by atoms with Gasteiger partial charge in [0.2, 0.25) is 5.65 Å². The van der Waals surface area contributed by atoms with E-state index in [0.717, 1.165) is 11.7 Å². The second-order valence-electron chi connectivity index (χ2n) is 5.19. The van der Waals surface area contributed by atoms with Crippen molar-refractivity contribution in [2.24, 2.45) is 5.92 Å². The van der Waals surface area contributed by atoms with Gasteiger partial charge < -0.3 is 10.4 Å². The van der Waals surface area contributed by atoms with Crippen LogP contribution in [0.3, 0.4) is 0 Å². The van der Waals surface area contributed by atoms with E-state index in [2.05, 4.69) is 30.7 Å². The number of aromatic nitrogens is 5. The molecule has 0 aromatic carbocycles. The monoisotopic (exact) mass is 294 g/mol. The van der Waals surface area contributed by atoms with E-state index >= 15 is 0 Å². The first-order valence-corrected chi connectivity index (χ1v) is 7.83. The number of fused-ring (bicyclic) bond motifs is 1. The molecule has 1 atom stereocenters. The summed E-state index contributed by atoms with van der Waals surface area (Å²) in [7, 11) is 0. The van der Waals surface area contributed by atoms with Crippen LogP contribution in [0.4, 0.5) is 5.82 Å². The fourth-order valence-electron chi connectivity index (χ4n) is 2.02. The minimum absolute atomic E-state index is 0.0356. The summed E-state index contributed by atoms with van der Waals surface area (Å²) in [4.78, 5) is 8.90. The van der Waals surface area contributed by atoms with Crippen molar-refractivity contribution in [3.8, 4) is 0 Å². The highest BCUT2D eigenvalue weighted by molar-refractivity contribution is 7.99. The van der Waals surface area contributed by atoms with Crippen LogP contribution in [0.15, 0.2) is 5.16 Å². The van der Waals surface area contributed by atoms with Gasteiger partial charge in [-0.2, -0.15) is 15.3 Å². The van der Waals surface area contributed by atoms with Crippen molar-refractivity contribution in [2.75, 3.05) is 17.7 Å². The number of anilines is 1. The fourth-order valence-corrected chi connectivity index (χ4v) is 3.05. The van der Waals surface area contributed by atoms with Gasteiger partial charge >= 0.3 is 0 Å². The largest absolute Gasteiger partial charge is 0.394 e. The van der Waals surface area contributed by atoms with E-state index in [0.29, 0.717) is 22.1 Å². The summed E-state index contributed by atoms with van der Waals surface area (Å²) in [6.07, 6.45) is 3.97. The van der Waals surface area contributed by atoms with Crippen LogP contribution < -0.4 is 5.32 Å². The molecule has 0 radical (unpaired) electrons. The molecule has 1 fully saturated rings. The Morgan fingerprint density at radius 2 is 2.25 bits per heavy atom. The van der Waals surface area contributed by atoms with Crippen molar-refractivity contribution in [1.82, 2.24) is 25.4 Å². The third-order valence-corrected chi connectivity index (χ3v) is 4.57. The highest BCUT2D eigenvalue weighted by atomic mass is 32.2. The molecule has 0 spiro atoms. The van der Waals surface area contributed by atoms with E-state index in [1.54, 1.807) is 11.8 Å². The third kappa shape index (κ3) is 2.85. The molecule has 2 aromatic heterocycles. The topological polar surface area (TPSA) is 99.6 Å². The normalized spacial score (nSPS) is 17.1. The molecule has 1 aliphatic carbocycles. The number of rotatable bonds is 6. The van der Waals surface area contributed by atoms with Crippen LogP contribution in [0.1, 0.15) is 26.2 Å². The molecule has 20 heavy (non-hydrogen) atoms. The molecule has 8 heteroatoms. The lowest BCUT2D eigenvalue weighted by Crippen LogP contribution is -2.20. The van der Waals surface area contributed by atoms with E-state index in [4.69, 9.17) is 5.11 Å². The zero-order valence-corrected chi connectivity index (χ0v) is 12.2. The lowest BCUT2D eigenvalue weighted by atomic mass is 9.87. The van der Waals surface area contributed by atoms with Crippen LogP contribution in [0, 0.1) is 5.92 Å². The van der Waals surface area contributed by atoms with Crippen LogP contribution >= 0.6 is 11.8 Å². The molecule has 7 nitrogen and oxygen atoms in total. The molecule has 0 bridgehead atoms. The summed E-state index contributed by atoms with van der Waals surface area (Å²) < 4.78 is 0. The van der Waals surface area contributed by atoms with Gasteiger partial charge in [0.15, 0.2) is 16.5 Å². The molecule has 3 rings (SSSR count). The summed E-state index contributed by atoms with van der Waals surface area (Å²) in [6.45, 7) is 1.92. The van der Waals surface area contributed by atoms with Gasteiger partial charge in [-0.3, -0.25) is 0 Å². The summed E-state index contributed by atoms with van der Waals surface area (Å²) in [5, 5.41) is 23.7. The van der Waals surface area contributed by atoms with E-state index in [1.165, 1.54) is 19.3 Å². The number of H-pyrrole nitrogens is 1. The minimum Gasteiger partial charge on any atom is -0.394 e. The Labute approximate surface area is 121 Å². The number of hydrogen-bond acceptors (Lipinski definition) is 7. The average Bonchev–Trinajstić information content (AvgIpc) is 2.85. The van der Waals surface area contributed by atoms with Crippen molar-refractivity contribution in [1.29, 1.82) is 0 Å². The fraction of sp³-hybridized carbons (Fsp3) is 0.667. The predicted octanol–water partition coefficient (Wildman–Crippen LogP) is 1.43. The molecule has 0 amide bonds. The number of hydrogen-bond donors (Lipinski definition) is 3. The molecule has 0 unspecified atom stereocenters. The highest BCUT2D eigenvalue weighted by Crippen LogP contribution is 2.32. The van der Waals surface area contributed by atoms with Crippen LogP contribution in [0.5, 0.6) is 0 Å². The van der Waals surface area contributed by atoms with Crippen molar-refractivity contribution < 1.29 is 5.11 Å². The first kappa shape index (κ1) is 13.6. The molecule has 2 heterocycles. The van der Waals surface area contributed by atoms with Gasteiger partial charge in [-0.15, -0.1) is 5.10 Å². The predicted molar refractivity (Wildman–Crippen MR) is 77.7 cm³/mol. The zero-order chi connectivity index (χ0) is 13.9. The van der Waals surface area contributed by atoms with Crippen LogP contribution in [-0.2, 0) is 0 Å². The van der Waals surface area contributed by atoms with Gasteiger partial charge in [0.1, 0.15) is 0 Å². The van der Waals surface area contributed by atoms with Crippen LogP contribution in [0.2, 0.25) is 0 Å². The zero-order valence-electron chi connectivity index (χ0n) is 11.3. The van der Waals surface area contributed by atoms with Gasteiger partial charge in [0.25, 0.3) is 0 Å². The van der Waals surface area contributed by atoms with Crippen molar-refractivity contribution in [3.63, 3.8) is 0 Å². The Bertz CT molecular complexity index is 584. The van der Waals surface area contributed by atoms with E-state index in [9.17, 15) is 0 Å². The van der Waals surface area contributed by atoms with Crippen molar-refractivity contribution in [2.45, 2.75) is 37.4 Å². The van der Waals surface area contributed by atoms with E-state index < -0.39 is 0 Å². The summed E-state index contributed by atoms with van der Waals surface area (Å²) in [5.74, 6) is 2.48. The number of aliphatic hydroxyl groups excluding tert-OH is 1. The number of thioether (sulfide) groups is 1. The molecule has 0 aliphatic heterocycles. The number of nitrogens with zero attached hydrogens (tertiary/aromatic N) is 4. The molecule has 2 aromatic rings. The quantitative estimate of drug-likeness (QED) is 0.547. The van der Waals surface area contributed by atoms with E-state index in [-0.39, 0.29) is 12.6 Å². The average molecular weight is 294 g/mol. The van der Waals surface area contributed by atoms with Gasteiger partial charge in [0, 0.05) is 11.8 Å². The maximum atomic E-state index is 9.15. The van der Waals surface area contributed by atoms with Crippen LogP contribution in [0.25, 0.3) is 11.2 Å². The van der Waals surface area contributed by atoms with Crippen LogP contribution in [-0.4, -0.2) is 48.9 Å². The summed E-state index contributed by atoms with van der Waals surface area (Å²) >= 11 is 1.67. The van der Waals surface area contributed by atoms with Crippen molar-refractivity contribution in [3.05, 3.63) is 0 Å². The minimum atomic E-state index is -0.0886. The lowest BCUT2D eigenvalue weighted by molar-refractivity contribution is 0.281. The van der Waals surface area contributed by atoms with Gasteiger partial charge in [-0.1, -0.05) is 18.2 Å². The second kappa shape index (κ2) is 5.92. The molecule has 3 N–H and O–H groups in total.